The van der Waals surface area contributed by atoms with Crippen LogP contribution in [0.15, 0.2) is 29.2 Å². The topological polar surface area (TPSA) is 104 Å². The Balaban J connectivity index is 1.77. The number of benzene rings is 1. The number of sulfonamides is 2. The van der Waals surface area contributed by atoms with Gasteiger partial charge in [0, 0.05) is 26.2 Å². The van der Waals surface area contributed by atoms with Crippen LogP contribution in [0.5, 0.6) is 0 Å². The molecule has 1 aromatic carbocycles. The van der Waals surface area contributed by atoms with E-state index in [1.807, 2.05) is 0 Å². The predicted octanol–water partition coefficient (Wildman–Crippen LogP) is 1.26. The molecule has 0 aromatic heterocycles. The molecule has 31 heavy (non-hydrogen) atoms. The monoisotopic (exact) mass is 473 g/mol. The first kappa shape index (κ1) is 24.0. The van der Waals surface area contributed by atoms with Gasteiger partial charge in [0.2, 0.25) is 26.0 Å². The number of likely N-dealkylation sites (N-methyl/N-ethyl adjacent to an activating group) is 1. The molecule has 1 saturated carbocycles. The molecule has 0 bridgehead atoms. The molecule has 1 amide bonds. The second kappa shape index (κ2) is 9.85. The molecular formula is C20H31N3O6S2. The number of anilines is 1. The molecule has 2 fully saturated rings. The average molecular weight is 474 g/mol. The molecule has 11 heteroatoms. The van der Waals surface area contributed by atoms with E-state index < -0.39 is 20.0 Å². The Bertz CT molecular complexity index is 967. The first-order valence-electron chi connectivity index (χ1n) is 10.5. The van der Waals surface area contributed by atoms with Crippen LogP contribution in [0, 0.1) is 0 Å². The molecule has 1 heterocycles. The minimum Gasteiger partial charge on any atom is -0.379 e. The Hall–Kier alpha value is -1.69. The largest absolute Gasteiger partial charge is 0.379 e. The highest BCUT2D eigenvalue weighted by molar-refractivity contribution is 7.92. The lowest BCUT2D eigenvalue weighted by Crippen LogP contribution is -2.45. The fraction of sp³-hybridized carbons (Fsp3) is 0.650. The van der Waals surface area contributed by atoms with Crippen LogP contribution in [0.4, 0.5) is 5.69 Å². The lowest BCUT2D eigenvalue weighted by molar-refractivity contribution is -0.130. The molecule has 0 spiro atoms. The summed E-state index contributed by atoms with van der Waals surface area (Å²) in [6.45, 7) is 0.927. The number of carbonyl (C=O) groups excluding carboxylic acids is 1. The summed E-state index contributed by atoms with van der Waals surface area (Å²) in [5, 5.41) is 0. The number of nitrogens with zero attached hydrogens (tertiary/aromatic N) is 3. The zero-order valence-electron chi connectivity index (χ0n) is 18.1. The van der Waals surface area contributed by atoms with Crippen molar-refractivity contribution in [2.75, 3.05) is 50.5 Å². The fourth-order valence-electron chi connectivity index (χ4n) is 4.03. The van der Waals surface area contributed by atoms with Gasteiger partial charge < -0.3 is 9.64 Å². The molecule has 0 radical (unpaired) electrons. The summed E-state index contributed by atoms with van der Waals surface area (Å²) in [6.07, 6.45) is 6.19. The number of hydrogen-bond donors (Lipinski definition) is 0. The van der Waals surface area contributed by atoms with Crippen molar-refractivity contribution in [1.82, 2.24) is 9.21 Å². The summed E-state index contributed by atoms with van der Waals surface area (Å²) < 4.78 is 58.0. The van der Waals surface area contributed by atoms with Gasteiger partial charge in [-0.15, -0.1) is 0 Å². The predicted molar refractivity (Wildman–Crippen MR) is 118 cm³/mol. The SMILES string of the molecule is CN(C(=O)CN(c1ccc(S(=O)(=O)N2CCOCC2)cc1)S(C)(=O)=O)C1CCCCC1. The van der Waals surface area contributed by atoms with Crippen molar-refractivity contribution in [3.8, 4) is 0 Å². The van der Waals surface area contributed by atoms with E-state index in [0.29, 0.717) is 13.2 Å². The normalized spacial score (nSPS) is 19.2. The molecule has 174 valence electrons. The second-order valence-electron chi connectivity index (χ2n) is 8.08. The zero-order chi connectivity index (χ0) is 22.6. The molecule has 1 aliphatic heterocycles. The molecule has 2 aliphatic rings. The number of carbonyl (C=O) groups is 1. The highest BCUT2D eigenvalue weighted by Crippen LogP contribution is 2.25. The number of ether oxygens (including phenoxy) is 1. The van der Waals surface area contributed by atoms with Gasteiger partial charge in [-0.05, 0) is 37.1 Å². The van der Waals surface area contributed by atoms with Crippen LogP contribution in [-0.2, 0) is 29.6 Å². The third kappa shape index (κ3) is 5.76. The summed E-state index contributed by atoms with van der Waals surface area (Å²) in [6, 6.07) is 5.76. The van der Waals surface area contributed by atoms with Crippen LogP contribution >= 0.6 is 0 Å². The van der Waals surface area contributed by atoms with Gasteiger partial charge >= 0.3 is 0 Å². The third-order valence-electron chi connectivity index (χ3n) is 5.93. The van der Waals surface area contributed by atoms with E-state index in [9.17, 15) is 21.6 Å². The van der Waals surface area contributed by atoms with Gasteiger partial charge in [0.15, 0.2) is 0 Å². The number of morpholine rings is 1. The van der Waals surface area contributed by atoms with Crippen LogP contribution in [0.25, 0.3) is 0 Å². The smallest absolute Gasteiger partial charge is 0.243 e. The summed E-state index contributed by atoms with van der Waals surface area (Å²) in [4.78, 5) is 14.5. The van der Waals surface area contributed by atoms with E-state index in [2.05, 4.69) is 0 Å². The van der Waals surface area contributed by atoms with Crippen molar-refractivity contribution in [3.05, 3.63) is 24.3 Å². The number of amides is 1. The van der Waals surface area contributed by atoms with Crippen molar-refractivity contribution in [1.29, 1.82) is 0 Å². The molecule has 0 unspecified atom stereocenters. The van der Waals surface area contributed by atoms with Gasteiger partial charge in [-0.1, -0.05) is 19.3 Å². The fourth-order valence-corrected chi connectivity index (χ4v) is 6.28. The molecule has 1 aromatic rings. The first-order valence-corrected chi connectivity index (χ1v) is 13.8. The van der Waals surface area contributed by atoms with Crippen molar-refractivity contribution in [2.45, 2.75) is 43.0 Å². The van der Waals surface area contributed by atoms with Crippen LogP contribution in [0.3, 0.4) is 0 Å². The van der Waals surface area contributed by atoms with E-state index in [1.165, 1.54) is 28.6 Å². The van der Waals surface area contributed by atoms with E-state index in [-0.39, 0.29) is 42.2 Å². The second-order valence-corrected chi connectivity index (χ2v) is 11.9. The van der Waals surface area contributed by atoms with E-state index in [1.54, 1.807) is 11.9 Å². The number of rotatable bonds is 7. The van der Waals surface area contributed by atoms with E-state index >= 15 is 0 Å². The van der Waals surface area contributed by atoms with E-state index in [4.69, 9.17) is 4.74 Å². The molecule has 0 atom stereocenters. The third-order valence-corrected chi connectivity index (χ3v) is 8.98. The Morgan fingerprint density at radius 1 is 1.03 bits per heavy atom. The average Bonchev–Trinajstić information content (AvgIpc) is 2.77. The minimum absolute atomic E-state index is 0.0808. The molecule has 1 aliphatic carbocycles. The maximum Gasteiger partial charge on any atom is 0.243 e. The molecule has 0 N–H and O–H groups in total. The minimum atomic E-state index is -3.74. The molecule has 9 nitrogen and oxygen atoms in total. The zero-order valence-corrected chi connectivity index (χ0v) is 19.7. The van der Waals surface area contributed by atoms with Crippen LogP contribution in [0.2, 0.25) is 0 Å². The summed E-state index contributed by atoms with van der Waals surface area (Å²) in [5.41, 5.74) is 0.258. The van der Waals surface area contributed by atoms with Gasteiger partial charge in [-0.2, -0.15) is 4.31 Å². The van der Waals surface area contributed by atoms with Gasteiger partial charge in [-0.3, -0.25) is 9.10 Å². The molecular weight excluding hydrogens is 442 g/mol. The Morgan fingerprint density at radius 3 is 2.16 bits per heavy atom. The summed E-state index contributed by atoms with van der Waals surface area (Å²) >= 11 is 0. The Labute approximate surface area is 185 Å². The highest BCUT2D eigenvalue weighted by Gasteiger charge is 2.29. The van der Waals surface area contributed by atoms with E-state index in [0.717, 1.165) is 42.7 Å². The van der Waals surface area contributed by atoms with Crippen molar-refractivity contribution >= 4 is 31.6 Å². The first-order chi connectivity index (χ1) is 14.6. The van der Waals surface area contributed by atoms with Crippen molar-refractivity contribution in [3.63, 3.8) is 0 Å². The highest BCUT2D eigenvalue weighted by atomic mass is 32.2. The van der Waals surface area contributed by atoms with Gasteiger partial charge in [0.05, 0.1) is 30.1 Å². The Morgan fingerprint density at radius 2 is 1.61 bits per heavy atom. The quantitative estimate of drug-likeness (QED) is 0.591. The van der Waals surface area contributed by atoms with Gasteiger partial charge in [0.1, 0.15) is 6.54 Å². The van der Waals surface area contributed by atoms with Crippen LogP contribution in [-0.4, -0.2) is 84.1 Å². The Kier molecular flexibility index (Phi) is 7.61. The lowest BCUT2D eigenvalue weighted by atomic mass is 9.94. The van der Waals surface area contributed by atoms with Crippen molar-refractivity contribution in [2.24, 2.45) is 0 Å². The maximum atomic E-state index is 12.8. The summed E-state index contributed by atoms with van der Waals surface area (Å²) in [7, 11) is -5.70. The van der Waals surface area contributed by atoms with Gasteiger partial charge in [-0.25, -0.2) is 16.8 Å². The standard InChI is InChI=1S/C20H31N3O6S2/c1-21(17-6-4-3-5-7-17)20(24)16-23(30(2,25)26)18-8-10-19(11-9-18)31(27,28)22-12-14-29-15-13-22/h8-11,17H,3-7,12-16H2,1-2H3. The lowest BCUT2D eigenvalue weighted by Gasteiger charge is -2.33. The van der Waals surface area contributed by atoms with Crippen molar-refractivity contribution < 1.29 is 26.4 Å². The van der Waals surface area contributed by atoms with Gasteiger partial charge in [0.25, 0.3) is 0 Å². The maximum absolute atomic E-state index is 12.8. The van der Waals surface area contributed by atoms with Crippen LogP contribution in [0.1, 0.15) is 32.1 Å². The molecule has 3 rings (SSSR count). The molecule has 1 saturated heterocycles. The number of hydrogen-bond acceptors (Lipinski definition) is 6. The summed E-state index contributed by atoms with van der Waals surface area (Å²) in [5.74, 6) is -0.276. The van der Waals surface area contributed by atoms with Crippen LogP contribution < -0.4 is 4.31 Å².